The highest BCUT2D eigenvalue weighted by molar-refractivity contribution is 6.02. The Kier molecular flexibility index (Phi) is 6.43. The molecule has 3 heterocycles. The summed E-state index contributed by atoms with van der Waals surface area (Å²) in [5.41, 5.74) is 3.24. The van der Waals surface area contributed by atoms with Gasteiger partial charge in [-0.3, -0.25) is 14.9 Å². The van der Waals surface area contributed by atoms with Gasteiger partial charge in [-0.05, 0) is 60.8 Å². The van der Waals surface area contributed by atoms with Crippen LogP contribution in [0.25, 0.3) is 11.0 Å². The van der Waals surface area contributed by atoms with Gasteiger partial charge in [-0.2, -0.15) is 0 Å². The van der Waals surface area contributed by atoms with Gasteiger partial charge in [-0.25, -0.2) is 4.98 Å². The van der Waals surface area contributed by atoms with Gasteiger partial charge in [0.05, 0.1) is 17.2 Å². The summed E-state index contributed by atoms with van der Waals surface area (Å²) in [6, 6.07) is 8.37. The fourth-order valence-electron chi connectivity index (χ4n) is 5.49. The predicted octanol–water partition coefficient (Wildman–Crippen LogP) is 4.54. The number of rotatable bonds is 7. The van der Waals surface area contributed by atoms with Gasteiger partial charge in [0.15, 0.2) is 0 Å². The fraction of sp³-hybridized carbons (Fsp3) is 0.500. The summed E-state index contributed by atoms with van der Waals surface area (Å²) in [5.74, 6) is 0.253. The highest BCUT2D eigenvalue weighted by Gasteiger charge is 2.50. The topological polar surface area (TPSA) is 105 Å². The Hall–Kier alpha value is -3.46. The fourth-order valence-corrected chi connectivity index (χ4v) is 5.49. The van der Waals surface area contributed by atoms with Crippen LogP contribution in [0.1, 0.15) is 69.1 Å². The molecule has 1 saturated carbocycles. The van der Waals surface area contributed by atoms with Gasteiger partial charge in [0.25, 0.3) is 5.91 Å². The first-order valence-electron chi connectivity index (χ1n) is 13.0. The monoisotopic (exact) mass is 504 g/mol. The summed E-state index contributed by atoms with van der Waals surface area (Å²) in [6.07, 6.45) is 5.68. The molecule has 1 spiro atoms. The minimum Gasteiger partial charge on any atom is -0.351 e. The number of carbonyl (C=O) groups is 2. The number of hydrogen-bond acceptors (Lipinski definition) is 6. The van der Waals surface area contributed by atoms with Crippen molar-refractivity contribution >= 4 is 28.8 Å². The lowest BCUT2D eigenvalue weighted by Gasteiger charge is -2.46. The third kappa shape index (κ3) is 4.92. The van der Waals surface area contributed by atoms with Gasteiger partial charge in [0.2, 0.25) is 17.6 Å². The Morgan fingerprint density at radius 1 is 1.30 bits per heavy atom. The number of aromatic nitrogens is 3. The summed E-state index contributed by atoms with van der Waals surface area (Å²) in [6.45, 7) is 14.8. The van der Waals surface area contributed by atoms with Crippen molar-refractivity contribution in [3.8, 4) is 0 Å². The van der Waals surface area contributed by atoms with E-state index < -0.39 is 0 Å². The van der Waals surface area contributed by atoms with Gasteiger partial charge < -0.3 is 19.3 Å². The maximum Gasteiger partial charge on any atom is 0.296 e. The Morgan fingerprint density at radius 2 is 2.08 bits per heavy atom. The summed E-state index contributed by atoms with van der Waals surface area (Å²) in [4.78, 5) is 31.7. The highest BCUT2D eigenvalue weighted by atomic mass is 16.5. The van der Waals surface area contributed by atoms with E-state index in [1.807, 2.05) is 4.90 Å². The molecule has 5 rings (SSSR count). The van der Waals surface area contributed by atoms with Gasteiger partial charge in [-0.15, -0.1) is 0 Å². The second-order valence-corrected chi connectivity index (χ2v) is 11.7. The van der Waals surface area contributed by atoms with Crippen LogP contribution in [0.4, 0.5) is 5.95 Å². The molecule has 3 aromatic rings. The van der Waals surface area contributed by atoms with Crippen LogP contribution in [-0.2, 0) is 11.3 Å². The lowest BCUT2D eigenvalue weighted by atomic mass is 9.64. The number of nitrogens with zero attached hydrogens (tertiary/aromatic N) is 4. The van der Waals surface area contributed by atoms with E-state index >= 15 is 0 Å². The molecule has 1 aliphatic heterocycles. The summed E-state index contributed by atoms with van der Waals surface area (Å²) >= 11 is 0. The molecule has 9 heteroatoms. The average molecular weight is 505 g/mol. The van der Waals surface area contributed by atoms with Crippen LogP contribution < -0.4 is 10.6 Å². The zero-order valence-electron chi connectivity index (χ0n) is 22.1. The predicted molar refractivity (Wildman–Crippen MR) is 142 cm³/mol. The van der Waals surface area contributed by atoms with Crippen LogP contribution in [0, 0.1) is 10.8 Å². The van der Waals surface area contributed by atoms with Gasteiger partial charge in [0, 0.05) is 37.8 Å². The number of nitrogens with one attached hydrogen (secondary N) is 2. The third-order valence-corrected chi connectivity index (χ3v) is 8.18. The summed E-state index contributed by atoms with van der Waals surface area (Å²) in [5, 5.41) is 10.2. The summed E-state index contributed by atoms with van der Waals surface area (Å²) in [7, 11) is 0. The van der Waals surface area contributed by atoms with Crippen molar-refractivity contribution in [1.29, 1.82) is 0 Å². The second-order valence-electron chi connectivity index (χ2n) is 11.7. The third-order valence-electron chi connectivity index (χ3n) is 8.18. The van der Waals surface area contributed by atoms with E-state index in [4.69, 9.17) is 9.51 Å². The second kappa shape index (κ2) is 9.45. The Morgan fingerprint density at radius 3 is 2.76 bits per heavy atom. The van der Waals surface area contributed by atoms with Crippen molar-refractivity contribution in [3.63, 3.8) is 0 Å². The van der Waals surface area contributed by atoms with E-state index in [2.05, 4.69) is 72.8 Å². The van der Waals surface area contributed by atoms with E-state index in [0.717, 1.165) is 55.5 Å². The van der Waals surface area contributed by atoms with Crippen molar-refractivity contribution in [1.82, 2.24) is 24.9 Å². The van der Waals surface area contributed by atoms with E-state index in [-0.39, 0.29) is 34.4 Å². The molecule has 9 nitrogen and oxygen atoms in total. The molecule has 2 aromatic heterocycles. The molecule has 1 aliphatic carbocycles. The number of benzene rings is 1. The van der Waals surface area contributed by atoms with E-state index in [1.54, 1.807) is 0 Å². The molecule has 196 valence electrons. The lowest BCUT2D eigenvalue weighted by Crippen LogP contribution is -2.42. The maximum atomic E-state index is 12.8. The molecule has 2 aliphatic rings. The van der Waals surface area contributed by atoms with E-state index in [9.17, 15) is 9.59 Å². The largest absolute Gasteiger partial charge is 0.351 e. The number of amides is 2. The van der Waals surface area contributed by atoms with E-state index in [0.29, 0.717) is 12.0 Å². The SMILES string of the molecule is C=CC(=O)N1CC[C@]2(C1)C[C@H](n1c(NC(=O)c3ccno3)nc3cc(CN[C@@H](C)C(C)(C)C)ccc31)C2. The van der Waals surface area contributed by atoms with Crippen molar-refractivity contribution in [2.45, 2.75) is 65.6 Å². The standard InChI is InChI=1S/C28H36N6O3/c1-6-24(35)33-12-10-28(17-33)14-20(15-28)34-22-8-7-19(16-29-18(2)27(3,4)5)13-21(22)31-26(34)32-25(36)23-9-11-30-37-23/h6-9,11,13,18,20,29H,1,10,12,14-17H2,2-5H3,(H,31,32,36)/t18-,20-,28-/m0/s1. The van der Waals surface area contributed by atoms with E-state index in [1.165, 1.54) is 18.3 Å². The molecule has 1 aromatic carbocycles. The van der Waals surface area contributed by atoms with Crippen LogP contribution in [-0.4, -0.2) is 50.6 Å². The Labute approximate surface area is 217 Å². The lowest BCUT2D eigenvalue weighted by molar-refractivity contribution is -0.125. The minimum absolute atomic E-state index is 0.00432. The molecule has 1 atom stereocenters. The quantitative estimate of drug-likeness (QED) is 0.458. The number of imidazole rings is 1. The first-order chi connectivity index (χ1) is 17.6. The molecule has 2 fully saturated rings. The van der Waals surface area contributed by atoms with Crippen molar-refractivity contribution in [2.24, 2.45) is 10.8 Å². The molecule has 0 radical (unpaired) electrons. The molecular formula is C28H36N6O3. The van der Waals surface area contributed by atoms with Crippen LogP contribution in [0.15, 0.2) is 47.6 Å². The number of likely N-dealkylation sites (tertiary alicyclic amines) is 1. The zero-order valence-corrected chi connectivity index (χ0v) is 22.1. The summed E-state index contributed by atoms with van der Waals surface area (Å²) < 4.78 is 7.19. The molecule has 2 N–H and O–H groups in total. The normalized spacial score (nSPS) is 22.3. The number of carbonyl (C=O) groups excluding carboxylic acids is 2. The highest BCUT2D eigenvalue weighted by Crippen LogP contribution is 2.55. The maximum absolute atomic E-state index is 12.8. The van der Waals surface area contributed by atoms with Crippen molar-refractivity contribution in [2.75, 3.05) is 18.4 Å². The van der Waals surface area contributed by atoms with Gasteiger partial charge >= 0.3 is 0 Å². The van der Waals surface area contributed by atoms with Crippen LogP contribution >= 0.6 is 0 Å². The molecule has 1 saturated heterocycles. The average Bonchev–Trinajstić information content (AvgIpc) is 3.58. The molecule has 37 heavy (non-hydrogen) atoms. The van der Waals surface area contributed by atoms with Crippen LogP contribution in [0.2, 0.25) is 0 Å². The molecule has 0 bridgehead atoms. The van der Waals surface area contributed by atoms with Crippen LogP contribution in [0.5, 0.6) is 0 Å². The smallest absolute Gasteiger partial charge is 0.296 e. The Balaban J connectivity index is 1.40. The molecule has 2 amide bonds. The Bertz CT molecular complexity index is 1310. The first-order valence-corrected chi connectivity index (χ1v) is 13.0. The van der Waals surface area contributed by atoms with Crippen LogP contribution in [0.3, 0.4) is 0 Å². The molecule has 0 unspecified atom stereocenters. The number of hydrogen-bond donors (Lipinski definition) is 2. The van der Waals surface area contributed by atoms with Gasteiger partial charge in [0.1, 0.15) is 0 Å². The minimum atomic E-state index is -0.382. The number of fused-ring (bicyclic) bond motifs is 1. The molecular weight excluding hydrogens is 468 g/mol. The number of anilines is 1. The van der Waals surface area contributed by atoms with Crippen molar-refractivity contribution in [3.05, 3.63) is 54.4 Å². The van der Waals surface area contributed by atoms with Gasteiger partial charge in [-0.1, -0.05) is 38.6 Å². The van der Waals surface area contributed by atoms with Crippen molar-refractivity contribution < 1.29 is 14.1 Å². The first kappa shape index (κ1) is 25.2. The zero-order chi connectivity index (χ0) is 26.4.